The van der Waals surface area contributed by atoms with Crippen LogP contribution in [0.25, 0.3) is 0 Å². The molecule has 0 spiro atoms. The maximum absolute atomic E-state index is 11.4. The number of carboxylic acid groups (broad SMARTS) is 4. The van der Waals surface area contributed by atoms with E-state index in [-0.39, 0.29) is 76.9 Å². The van der Waals surface area contributed by atoms with Crippen LogP contribution in [0.4, 0.5) is 0 Å². The van der Waals surface area contributed by atoms with Crippen molar-refractivity contribution in [2.75, 3.05) is 0 Å². The van der Waals surface area contributed by atoms with E-state index in [4.69, 9.17) is 0 Å². The maximum Gasteiger partial charge on any atom is 2.00 e. The SMILES string of the molecule is O=C([O-])c1ccc(C(c2ccc(C(=O)[O-])cc2)(c2ccc(C(=O)[O-])cc2)c2ccc(C(=O)[O-])cc2)cc1.[Cd+2].[Cd+2]. The van der Waals surface area contributed by atoms with Gasteiger partial charge in [0, 0.05) is 0 Å². The Balaban J connectivity index is 0.00000267. The fourth-order valence-electron chi connectivity index (χ4n) is 4.43. The summed E-state index contributed by atoms with van der Waals surface area (Å²) in [5.74, 6) is -5.53. The van der Waals surface area contributed by atoms with Gasteiger partial charge >= 0.3 is 54.6 Å². The summed E-state index contributed by atoms with van der Waals surface area (Å²) in [7, 11) is 0. The summed E-state index contributed by atoms with van der Waals surface area (Å²) >= 11 is 0. The number of carboxylic acids is 4. The molecule has 0 atom stereocenters. The van der Waals surface area contributed by atoms with Crippen molar-refractivity contribution >= 4 is 23.9 Å². The molecule has 0 aliphatic heterocycles. The molecule has 0 saturated heterocycles. The van der Waals surface area contributed by atoms with E-state index >= 15 is 0 Å². The molecule has 184 valence electrons. The zero-order valence-corrected chi connectivity index (χ0v) is 28.5. The number of hydrogen-bond acceptors (Lipinski definition) is 8. The maximum atomic E-state index is 11.4. The van der Waals surface area contributed by atoms with Crippen LogP contribution >= 0.6 is 0 Å². The molecule has 0 N–H and O–H groups in total. The Kier molecular flexibility index (Phi) is 10.7. The Bertz CT molecular complexity index is 1260. The van der Waals surface area contributed by atoms with Gasteiger partial charge in [-0.1, -0.05) is 97.1 Å². The standard InChI is InChI=1S/C29H20O8.2Cd/c30-25(31)17-1-9-21(10-2-17)29(22-11-3-18(4-12-22)26(32)33,23-13-5-19(6-14-23)27(34)35)24-15-7-20(8-16-24)28(36)37;;/h1-16H,(H,30,31)(H,32,33)(H,34,35)(H,36,37);;/q;2*+2/p-4. The van der Waals surface area contributed by atoms with Crippen molar-refractivity contribution in [1.82, 2.24) is 0 Å². The summed E-state index contributed by atoms with van der Waals surface area (Å²) in [6.45, 7) is 0. The van der Waals surface area contributed by atoms with Gasteiger partial charge in [-0.05, 0) is 44.5 Å². The van der Waals surface area contributed by atoms with Crippen LogP contribution in [-0.4, -0.2) is 23.9 Å². The molecule has 0 amide bonds. The molecule has 0 aromatic heterocycles. The Hall–Kier alpha value is -3.40. The first kappa shape index (κ1) is 31.8. The van der Waals surface area contributed by atoms with Crippen molar-refractivity contribution in [2.45, 2.75) is 5.41 Å². The predicted molar refractivity (Wildman–Crippen MR) is 122 cm³/mol. The van der Waals surface area contributed by atoms with Gasteiger partial charge in [-0.3, -0.25) is 0 Å². The first-order chi connectivity index (χ1) is 17.6. The Labute approximate surface area is 263 Å². The third kappa shape index (κ3) is 6.27. The second kappa shape index (κ2) is 13.1. The van der Waals surface area contributed by atoms with E-state index in [0.717, 1.165) is 0 Å². The quantitative estimate of drug-likeness (QED) is 0.175. The van der Waals surface area contributed by atoms with Crippen molar-refractivity contribution in [3.63, 3.8) is 0 Å². The smallest absolute Gasteiger partial charge is 0.545 e. The van der Waals surface area contributed by atoms with Gasteiger partial charge in [0.2, 0.25) is 0 Å². The van der Waals surface area contributed by atoms with E-state index < -0.39 is 29.3 Å². The molecule has 0 fully saturated rings. The van der Waals surface area contributed by atoms with E-state index in [2.05, 4.69) is 0 Å². The normalized spacial score (nSPS) is 10.5. The zero-order valence-electron chi connectivity index (χ0n) is 20.4. The average Bonchev–Trinajstić information content (AvgIpc) is 2.90. The molecule has 0 heterocycles. The average molecular weight is 717 g/mol. The van der Waals surface area contributed by atoms with Crippen molar-refractivity contribution in [3.8, 4) is 0 Å². The second-order valence-corrected chi connectivity index (χ2v) is 8.21. The fourth-order valence-corrected chi connectivity index (χ4v) is 4.43. The number of hydrogen-bond donors (Lipinski definition) is 0. The Morgan fingerprint density at radius 2 is 0.513 bits per heavy atom. The topological polar surface area (TPSA) is 161 Å². The molecule has 4 rings (SSSR count). The van der Waals surface area contributed by atoms with Crippen molar-refractivity contribution in [3.05, 3.63) is 142 Å². The molecule has 0 unspecified atom stereocenters. The van der Waals surface area contributed by atoms with Gasteiger partial charge in [0.25, 0.3) is 0 Å². The number of benzene rings is 4. The summed E-state index contributed by atoms with van der Waals surface area (Å²) < 4.78 is 0. The van der Waals surface area contributed by atoms with E-state index in [1.165, 1.54) is 48.5 Å². The van der Waals surface area contributed by atoms with Crippen LogP contribution in [0.2, 0.25) is 0 Å². The van der Waals surface area contributed by atoms with Gasteiger partial charge in [-0.15, -0.1) is 0 Å². The number of carbonyl (C=O) groups excluding carboxylic acids is 4. The van der Waals surface area contributed by atoms with Crippen LogP contribution < -0.4 is 20.4 Å². The fraction of sp³-hybridized carbons (Fsp3) is 0.0345. The van der Waals surface area contributed by atoms with E-state index in [0.29, 0.717) is 22.3 Å². The molecule has 0 saturated carbocycles. The molecule has 4 aromatic carbocycles. The minimum atomic E-state index is -1.38. The van der Waals surface area contributed by atoms with Gasteiger partial charge in [0.15, 0.2) is 0 Å². The van der Waals surface area contributed by atoms with Crippen LogP contribution in [0.3, 0.4) is 0 Å². The van der Waals surface area contributed by atoms with E-state index in [9.17, 15) is 39.6 Å². The van der Waals surface area contributed by atoms with Crippen LogP contribution in [0.15, 0.2) is 97.1 Å². The van der Waals surface area contributed by atoms with Crippen molar-refractivity contribution < 1.29 is 94.2 Å². The van der Waals surface area contributed by atoms with Crippen molar-refractivity contribution in [1.29, 1.82) is 0 Å². The van der Waals surface area contributed by atoms with Crippen LogP contribution in [0, 0.1) is 0 Å². The number of carbonyl (C=O) groups is 4. The molecule has 4 aromatic rings. The Morgan fingerprint density at radius 1 is 0.359 bits per heavy atom. The van der Waals surface area contributed by atoms with Gasteiger partial charge < -0.3 is 39.6 Å². The monoisotopic (exact) mass is 720 g/mol. The first-order valence-corrected chi connectivity index (χ1v) is 10.9. The van der Waals surface area contributed by atoms with Gasteiger partial charge in [-0.2, -0.15) is 0 Å². The summed E-state index contributed by atoms with van der Waals surface area (Å²) in [5.41, 5.74) is 0.539. The molecule has 0 aliphatic rings. The molecule has 39 heavy (non-hydrogen) atoms. The largest absolute Gasteiger partial charge is 2.00 e. The number of aromatic carboxylic acids is 4. The molecule has 8 nitrogen and oxygen atoms in total. The molecule has 0 bridgehead atoms. The summed E-state index contributed by atoms with van der Waals surface area (Å²) in [5, 5.41) is 45.5. The van der Waals surface area contributed by atoms with Crippen LogP contribution in [0.5, 0.6) is 0 Å². The third-order valence-corrected chi connectivity index (χ3v) is 6.21. The first-order valence-electron chi connectivity index (χ1n) is 10.9. The summed E-state index contributed by atoms with van der Waals surface area (Å²) in [4.78, 5) is 45.5. The van der Waals surface area contributed by atoms with Gasteiger partial charge in [-0.25, -0.2) is 0 Å². The number of rotatable bonds is 8. The van der Waals surface area contributed by atoms with Crippen molar-refractivity contribution in [2.24, 2.45) is 0 Å². The van der Waals surface area contributed by atoms with Gasteiger partial charge in [0.1, 0.15) is 0 Å². The van der Waals surface area contributed by atoms with Gasteiger partial charge in [0.05, 0.1) is 29.3 Å². The Morgan fingerprint density at radius 3 is 0.641 bits per heavy atom. The summed E-state index contributed by atoms with van der Waals surface area (Å²) in [6, 6.07) is 23.2. The minimum absolute atomic E-state index is 0. The summed E-state index contributed by atoms with van der Waals surface area (Å²) in [6.07, 6.45) is 0. The second-order valence-electron chi connectivity index (χ2n) is 8.21. The third-order valence-electron chi connectivity index (χ3n) is 6.21. The molecular weight excluding hydrogens is 701 g/mol. The molecular formula is C29H16Cd2O8. The molecule has 0 aliphatic carbocycles. The van der Waals surface area contributed by atoms with E-state index in [1.807, 2.05) is 0 Å². The minimum Gasteiger partial charge on any atom is -0.545 e. The zero-order chi connectivity index (χ0) is 26.7. The van der Waals surface area contributed by atoms with Crippen LogP contribution in [0.1, 0.15) is 63.7 Å². The van der Waals surface area contributed by atoms with E-state index in [1.54, 1.807) is 48.5 Å². The molecule has 0 radical (unpaired) electrons. The molecule has 10 heteroatoms. The predicted octanol–water partition coefficient (Wildman–Crippen LogP) is -0.482. The van der Waals surface area contributed by atoms with Crippen LogP contribution in [-0.2, 0) is 60.0 Å².